The minimum atomic E-state index is -0.0773. The van der Waals surface area contributed by atoms with E-state index in [1.54, 1.807) is 26.2 Å². The highest BCUT2D eigenvalue weighted by atomic mass is 16.5. The van der Waals surface area contributed by atoms with E-state index in [9.17, 15) is 4.79 Å². The van der Waals surface area contributed by atoms with Crippen LogP contribution in [0.5, 0.6) is 5.75 Å². The van der Waals surface area contributed by atoms with Gasteiger partial charge in [-0.05, 0) is 19.1 Å². The predicted molar refractivity (Wildman–Crippen MR) is 76.5 cm³/mol. The van der Waals surface area contributed by atoms with Crippen LogP contribution >= 0.6 is 0 Å². The lowest BCUT2D eigenvalue weighted by atomic mass is 10.1. The van der Waals surface area contributed by atoms with Crippen LogP contribution in [0.1, 0.15) is 17.3 Å². The van der Waals surface area contributed by atoms with Gasteiger partial charge in [-0.15, -0.1) is 0 Å². The van der Waals surface area contributed by atoms with Crippen LogP contribution in [0.3, 0.4) is 0 Å². The molecular weight excluding hydrogens is 238 g/mol. The minimum Gasteiger partial charge on any atom is -0.494 e. The third kappa shape index (κ3) is 3.07. The van der Waals surface area contributed by atoms with Crippen LogP contribution in [0.15, 0.2) is 59.6 Å². The Hall–Kier alpha value is -2.42. The van der Waals surface area contributed by atoms with Gasteiger partial charge in [-0.2, -0.15) is 0 Å². The molecule has 0 unspecified atom stereocenters. The first-order chi connectivity index (χ1) is 9.22. The summed E-state index contributed by atoms with van der Waals surface area (Å²) in [6, 6.07) is 16.5. The number of carbonyl (C=O) groups excluding carboxylic acids is 1. The molecule has 2 rings (SSSR count). The van der Waals surface area contributed by atoms with Crippen molar-refractivity contribution in [1.82, 2.24) is 0 Å². The lowest BCUT2D eigenvalue weighted by Gasteiger charge is -2.05. The normalized spacial score (nSPS) is 11.2. The Bertz CT molecular complexity index is 603. The Labute approximate surface area is 112 Å². The number of aliphatic imine (C=N–C) groups is 1. The number of rotatable bonds is 4. The van der Waals surface area contributed by atoms with Gasteiger partial charge in [0.05, 0.1) is 12.8 Å². The van der Waals surface area contributed by atoms with Gasteiger partial charge >= 0.3 is 0 Å². The molecule has 0 heterocycles. The molecule has 0 aliphatic rings. The third-order valence-corrected chi connectivity index (χ3v) is 2.74. The number of nitrogens with zero attached hydrogens (tertiary/aromatic N) is 1. The maximum absolute atomic E-state index is 12.2. The largest absolute Gasteiger partial charge is 0.494 e. The molecule has 0 bridgehead atoms. The zero-order valence-electron chi connectivity index (χ0n) is 11.0. The molecule has 2 aromatic carbocycles. The quantitative estimate of drug-likeness (QED) is 0.616. The molecule has 0 saturated carbocycles. The van der Waals surface area contributed by atoms with Crippen molar-refractivity contribution in [2.45, 2.75) is 6.92 Å². The predicted octanol–water partition coefficient (Wildman–Crippen LogP) is 3.67. The standard InChI is InChI=1S/C16H15NO2/c1-12(16(18)13-8-4-3-5-9-13)17-14-10-6-7-11-15(14)19-2/h3-11H,1-2H3. The summed E-state index contributed by atoms with van der Waals surface area (Å²) >= 11 is 0. The van der Waals surface area contributed by atoms with E-state index >= 15 is 0 Å². The van der Waals surface area contributed by atoms with Crippen molar-refractivity contribution in [1.29, 1.82) is 0 Å². The summed E-state index contributed by atoms with van der Waals surface area (Å²) in [5.41, 5.74) is 1.74. The highest BCUT2D eigenvalue weighted by molar-refractivity contribution is 6.45. The number of benzene rings is 2. The minimum absolute atomic E-state index is 0.0773. The van der Waals surface area contributed by atoms with Crippen molar-refractivity contribution >= 4 is 17.2 Å². The first-order valence-corrected chi connectivity index (χ1v) is 6.00. The first kappa shape index (κ1) is 13.0. The van der Waals surface area contributed by atoms with E-state index < -0.39 is 0 Å². The van der Waals surface area contributed by atoms with Gasteiger partial charge in [0.25, 0.3) is 0 Å². The molecule has 0 aliphatic heterocycles. The van der Waals surface area contributed by atoms with Crippen LogP contribution in [0.2, 0.25) is 0 Å². The van der Waals surface area contributed by atoms with Gasteiger partial charge in [0.1, 0.15) is 11.4 Å². The van der Waals surface area contributed by atoms with Crippen LogP contribution in [0.25, 0.3) is 0 Å². The van der Waals surface area contributed by atoms with E-state index in [2.05, 4.69) is 4.99 Å². The number of hydrogen-bond donors (Lipinski definition) is 0. The van der Waals surface area contributed by atoms with E-state index in [4.69, 9.17) is 4.74 Å². The number of Topliss-reactive ketones (excluding diaryl/α,β-unsaturated/α-hetero) is 1. The average molecular weight is 253 g/mol. The lowest BCUT2D eigenvalue weighted by molar-refractivity contribution is 0.106. The van der Waals surface area contributed by atoms with Gasteiger partial charge in [0.2, 0.25) is 5.78 Å². The summed E-state index contributed by atoms with van der Waals surface area (Å²) in [6.45, 7) is 1.71. The summed E-state index contributed by atoms with van der Waals surface area (Å²) in [7, 11) is 1.59. The number of ketones is 1. The van der Waals surface area contributed by atoms with Gasteiger partial charge < -0.3 is 4.74 Å². The van der Waals surface area contributed by atoms with Gasteiger partial charge in [-0.25, -0.2) is 4.99 Å². The zero-order chi connectivity index (χ0) is 13.7. The Morgan fingerprint density at radius 2 is 1.63 bits per heavy atom. The van der Waals surface area contributed by atoms with Gasteiger partial charge in [0, 0.05) is 5.56 Å². The topological polar surface area (TPSA) is 38.7 Å². The van der Waals surface area contributed by atoms with Crippen molar-refractivity contribution in [2.75, 3.05) is 7.11 Å². The Morgan fingerprint density at radius 1 is 1.00 bits per heavy atom. The molecule has 0 radical (unpaired) electrons. The second kappa shape index (κ2) is 5.96. The molecule has 0 N–H and O–H groups in total. The second-order valence-electron chi connectivity index (χ2n) is 4.06. The maximum Gasteiger partial charge on any atom is 0.206 e. The van der Waals surface area contributed by atoms with Crippen LogP contribution in [0, 0.1) is 0 Å². The lowest BCUT2D eigenvalue weighted by Crippen LogP contribution is -2.09. The summed E-state index contributed by atoms with van der Waals surface area (Å²) in [5, 5.41) is 0. The van der Waals surface area contributed by atoms with Crippen LogP contribution in [-0.2, 0) is 0 Å². The highest BCUT2D eigenvalue weighted by Gasteiger charge is 2.10. The van der Waals surface area contributed by atoms with E-state index in [1.165, 1.54) is 0 Å². The summed E-state index contributed by atoms with van der Waals surface area (Å²) in [4.78, 5) is 16.5. The van der Waals surface area contributed by atoms with Crippen molar-refractivity contribution in [3.63, 3.8) is 0 Å². The van der Waals surface area contributed by atoms with Crippen molar-refractivity contribution < 1.29 is 9.53 Å². The van der Waals surface area contributed by atoms with E-state index in [1.807, 2.05) is 42.5 Å². The van der Waals surface area contributed by atoms with Crippen molar-refractivity contribution in [3.05, 3.63) is 60.2 Å². The molecule has 3 heteroatoms. The Kier molecular flexibility index (Phi) is 4.08. The van der Waals surface area contributed by atoms with Crippen molar-refractivity contribution in [3.8, 4) is 5.75 Å². The SMILES string of the molecule is COc1ccccc1N=C(C)C(=O)c1ccccc1. The van der Waals surface area contributed by atoms with Crippen LogP contribution < -0.4 is 4.74 Å². The summed E-state index contributed by atoms with van der Waals surface area (Å²) in [5.74, 6) is 0.578. The molecular formula is C16H15NO2. The Morgan fingerprint density at radius 3 is 2.32 bits per heavy atom. The molecule has 2 aromatic rings. The monoisotopic (exact) mass is 253 g/mol. The molecule has 0 aromatic heterocycles. The molecule has 0 aliphatic carbocycles. The molecule has 3 nitrogen and oxygen atoms in total. The fraction of sp³-hybridized carbons (Fsp3) is 0.125. The molecule has 0 amide bonds. The van der Waals surface area contributed by atoms with Crippen molar-refractivity contribution in [2.24, 2.45) is 4.99 Å². The van der Waals surface area contributed by atoms with Gasteiger partial charge in [-0.3, -0.25) is 4.79 Å². The van der Waals surface area contributed by atoms with Crippen LogP contribution in [0.4, 0.5) is 5.69 Å². The number of hydrogen-bond acceptors (Lipinski definition) is 3. The number of methoxy groups -OCH3 is 1. The van der Waals surface area contributed by atoms with E-state index in [0.717, 1.165) is 0 Å². The zero-order valence-corrected chi connectivity index (χ0v) is 11.0. The first-order valence-electron chi connectivity index (χ1n) is 6.00. The van der Waals surface area contributed by atoms with Gasteiger partial charge in [-0.1, -0.05) is 42.5 Å². The van der Waals surface area contributed by atoms with Crippen LogP contribution in [-0.4, -0.2) is 18.6 Å². The smallest absolute Gasteiger partial charge is 0.206 e. The third-order valence-electron chi connectivity index (χ3n) is 2.74. The van der Waals surface area contributed by atoms with E-state index in [-0.39, 0.29) is 5.78 Å². The second-order valence-corrected chi connectivity index (χ2v) is 4.06. The molecule has 0 saturated heterocycles. The number of ether oxygens (including phenoxy) is 1. The Balaban J connectivity index is 2.31. The molecule has 19 heavy (non-hydrogen) atoms. The maximum atomic E-state index is 12.2. The number of para-hydroxylation sites is 2. The number of carbonyl (C=O) groups is 1. The van der Waals surface area contributed by atoms with E-state index in [0.29, 0.717) is 22.7 Å². The molecule has 0 spiro atoms. The average Bonchev–Trinajstić information content (AvgIpc) is 2.48. The van der Waals surface area contributed by atoms with Gasteiger partial charge in [0.15, 0.2) is 0 Å². The fourth-order valence-corrected chi connectivity index (χ4v) is 1.75. The fourth-order valence-electron chi connectivity index (χ4n) is 1.75. The molecule has 0 atom stereocenters. The summed E-state index contributed by atoms with van der Waals surface area (Å²) in [6.07, 6.45) is 0. The molecule has 96 valence electrons. The molecule has 0 fully saturated rings. The summed E-state index contributed by atoms with van der Waals surface area (Å²) < 4.78 is 5.21. The highest BCUT2D eigenvalue weighted by Crippen LogP contribution is 2.26.